The molecule has 1 aliphatic rings. The highest BCUT2D eigenvalue weighted by atomic mass is 19.1. The number of methoxy groups -OCH3 is 1. The highest BCUT2D eigenvalue weighted by Gasteiger charge is 2.34. The number of halogens is 1. The van der Waals surface area contributed by atoms with Crippen molar-refractivity contribution in [1.29, 1.82) is 0 Å². The highest BCUT2D eigenvalue weighted by Crippen LogP contribution is 2.22. The fourth-order valence-electron chi connectivity index (χ4n) is 2.47. The van der Waals surface area contributed by atoms with E-state index >= 15 is 0 Å². The van der Waals surface area contributed by atoms with Crippen molar-refractivity contribution in [2.45, 2.75) is 0 Å². The van der Waals surface area contributed by atoms with Gasteiger partial charge in [0.15, 0.2) is 0 Å². The van der Waals surface area contributed by atoms with Crippen molar-refractivity contribution < 1.29 is 18.7 Å². The lowest BCUT2D eigenvalue weighted by Gasteiger charge is -2.10. The molecule has 4 nitrogen and oxygen atoms in total. The summed E-state index contributed by atoms with van der Waals surface area (Å²) in [5.41, 5.74) is 1.14. The molecule has 0 radical (unpaired) electrons. The van der Waals surface area contributed by atoms with E-state index in [0.29, 0.717) is 22.4 Å². The van der Waals surface area contributed by atoms with Crippen molar-refractivity contribution >= 4 is 17.9 Å². The maximum atomic E-state index is 13.7. The average Bonchev–Trinajstić information content (AvgIpc) is 2.82. The van der Waals surface area contributed by atoms with Crippen molar-refractivity contribution in [3.8, 4) is 5.75 Å². The van der Waals surface area contributed by atoms with E-state index in [1.54, 1.807) is 36.4 Å². The van der Waals surface area contributed by atoms with Crippen LogP contribution in [0.3, 0.4) is 0 Å². The van der Waals surface area contributed by atoms with Crippen LogP contribution in [0.15, 0.2) is 48.5 Å². The predicted molar refractivity (Wildman–Crippen MR) is 83.8 cm³/mol. The number of carbonyl (C=O) groups excluding carboxylic acids is 2. The first kappa shape index (κ1) is 15.0. The number of rotatable bonds is 4. The minimum Gasteiger partial charge on any atom is -0.497 e. The Morgan fingerprint density at radius 1 is 1.09 bits per heavy atom. The van der Waals surface area contributed by atoms with E-state index in [1.165, 1.54) is 25.3 Å². The van der Waals surface area contributed by atoms with Gasteiger partial charge in [-0.15, -0.1) is 0 Å². The molecule has 2 aromatic carbocycles. The van der Waals surface area contributed by atoms with E-state index in [-0.39, 0.29) is 18.4 Å². The fourth-order valence-corrected chi connectivity index (χ4v) is 2.47. The Morgan fingerprint density at radius 3 is 2.35 bits per heavy atom. The van der Waals surface area contributed by atoms with Crippen molar-refractivity contribution in [3.63, 3.8) is 0 Å². The Kier molecular flexibility index (Phi) is 3.93. The van der Waals surface area contributed by atoms with Crippen LogP contribution in [0.2, 0.25) is 0 Å². The van der Waals surface area contributed by atoms with Gasteiger partial charge < -0.3 is 4.74 Å². The van der Waals surface area contributed by atoms with Gasteiger partial charge in [-0.2, -0.15) is 0 Å². The summed E-state index contributed by atoms with van der Waals surface area (Å²) >= 11 is 0. The van der Waals surface area contributed by atoms with Crippen molar-refractivity contribution in [2.24, 2.45) is 0 Å². The summed E-state index contributed by atoms with van der Waals surface area (Å²) in [6, 6.07) is 11.1. The van der Waals surface area contributed by atoms with E-state index in [9.17, 15) is 14.0 Å². The predicted octanol–water partition coefficient (Wildman–Crippen LogP) is 3.14. The standard InChI is InChI=1S/C18H14FNO3/c1-23-13-8-9-16(19)12(11-13)5-4-10-20-17(21)14-6-2-3-7-15(14)18(20)22/h2-9,11H,10H2,1H3. The third-order valence-electron chi connectivity index (χ3n) is 3.67. The molecule has 0 fully saturated rings. The molecule has 0 aromatic heterocycles. The largest absolute Gasteiger partial charge is 0.497 e. The average molecular weight is 311 g/mol. The van der Waals surface area contributed by atoms with Gasteiger partial charge in [-0.1, -0.05) is 24.3 Å². The van der Waals surface area contributed by atoms with E-state index in [0.717, 1.165) is 4.90 Å². The Morgan fingerprint density at radius 2 is 1.74 bits per heavy atom. The minimum atomic E-state index is -0.399. The first-order valence-corrected chi connectivity index (χ1v) is 7.07. The van der Waals surface area contributed by atoms with Gasteiger partial charge in [0.05, 0.1) is 18.2 Å². The number of benzene rings is 2. The quantitative estimate of drug-likeness (QED) is 0.815. The first-order valence-electron chi connectivity index (χ1n) is 7.07. The van der Waals surface area contributed by atoms with E-state index in [1.807, 2.05) is 0 Å². The molecule has 2 aromatic rings. The zero-order valence-electron chi connectivity index (χ0n) is 12.5. The molecule has 0 spiro atoms. The second-order valence-electron chi connectivity index (χ2n) is 5.06. The molecule has 0 saturated heterocycles. The molecule has 23 heavy (non-hydrogen) atoms. The summed E-state index contributed by atoms with van der Waals surface area (Å²) in [7, 11) is 1.50. The van der Waals surface area contributed by atoms with Crippen LogP contribution < -0.4 is 4.74 Å². The van der Waals surface area contributed by atoms with Gasteiger partial charge in [-0.05, 0) is 30.3 Å². The van der Waals surface area contributed by atoms with Crippen molar-refractivity contribution in [3.05, 3.63) is 71.0 Å². The van der Waals surface area contributed by atoms with Crippen LogP contribution in [-0.2, 0) is 0 Å². The summed E-state index contributed by atoms with van der Waals surface area (Å²) < 4.78 is 18.8. The van der Waals surface area contributed by atoms with Crippen LogP contribution in [0.1, 0.15) is 26.3 Å². The molecule has 116 valence electrons. The van der Waals surface area contributed by atoms with Gasteiger partial charge in [-0.25, -0.2) is 4.39 Å². The summed E-state index contributed by atoms with van der Waals surface area (Å²) in [4.78, 5) is 25.5. The van der Waals surface area contributed by atoms with Gasteiger partial charge in [0, 0.05) is 12.1 Å². The van der Waals surface area contributed by atoms with Gasteiger partial charge in [0.2, 0.25) is 0 Å². The van der Waals surface area contributed by atoms with E-state index in [2.05, 4.69) is 0 Å². The fraction of sp³-hybridized carbons (Fsp3) is 0.111. The Labute approximate surface area is 132 Å². The van der Waals surface area contributed by atoms with Crippen molar-refractivity contribution in [1.82, 2.24) is 4.90 Å². The second kappa shape index (κ2) is 6.04. The van der Waals surface area contributed by atoms with Gasteiger partial charge in [0.1, 0.15) is 11.6 Å². The zero-order chi connectivity index (χ0) is 16.4. The monoisotopic (exact) mass is 311 g/mol. The third kappa shape index (κ3) is 2.73. The molecule has 2 amide bonds. The van der Waals surface area contributed by atoms with Crippen molar-refractivity contribution in [2.75, 3.05) is 13.7 Å². The maximum Gasteiger partial charge on any atom is 0.261 e. The number of fused-ring (bicyclic) bond motifs is 1. The zero-order valence-corrected chi connectivity index (χ0v) is 12.5. The van der Waals surface area contributed by atoms with Crippen LogP contribution in [-0.4, -0.2) is 30.4 Å². The lowest BCUT2D eigenvalue weighted by atomic mass is 10.1. The number of amides is 2. The minimum absolute atomic E-state index is 0.0863. The summed E-state index contributed by atoms with van der Waals surface area (Å²) in [6.45, 7) is 0.0863. The summed E-state index contributed by atoms with van der Waals surface area (Å²) in [5, 5.41) is 0. The molecule has 0 atom stereocenters. The summed E-state index contributed by atoms with van der Waals surface area (Å²) in [6.07, 6.45) is 3.11. The lowest BCUT2D eigenvalue weighted by Crippen LogP contribution is -2.29. The SMILES string of the molecule is COc1ccc(F)c(C=CCN2C(=O)c3ccccc3C2=O)c1. The highest BCUT2D eigenvalue weighted by molar-refractivity contribution is 6.21. The van der Waals surface area contributed by atoms with Crippen LogP contribution in [0.25, 0.3) is 6.08 Å². The van der Waals surface area contributed by atoms with Gasteiger partial charge >= 0.3 is 0 Å². The van der Waals surface area contributed by atoms with Crippen LogP contribution in [0, 0.1) is 5.82 Å². The summed E-state index contributed by atoms with van der Waals surface area (Å²) in [5.74, 6) is -0.529. The number of nitrogens with zero attached hydrogens (tertiary/aromatic N) is 1. The molecule has 0 bridgehead atoms. The molecular weight excluding hydrogens is 297 g/mol. The molecule has 0 unspecified atom stereocenters. The normalized spacial score (nSPS) is 13.7. The van der Waals surface area contributed by atoms with E-state index < -0.39 is 5.82 Å². The smallest absolute Gasteiger partial charge is 0.261 e. The Bertz CT molecular complexity index is 779. The molecule has 5 heteroatoms. The van der Waals surface area contributed by atoms with Crippen LogP contribution in [0.4, 0.5) is 4.39 Å². The number of carbonyl (C=O) groups is 2. The Hall–Kier alpha value is -2.95. The number of hydrogen-bond donors (Lipinski definition) is 0. The first-order chi connectivity index (χ1) is 11.1. The molecule has 0 aliphatic carbocycles. The number of hydrogen-bond acceptors (Lipinski definition) is 3. The van der Waals surface area contributed by atoms with Gasteiger partial charge in [0.25, 0.3) is 11.8 Å². The topological polar surface area (TPSA) is 46.6 Å². The van der Waals surface area contributed by atoms with E-state index in [4.69, 9.17) is 4.74 Å². The molecular formula is C18H14FNO3. The van der Waals surface area contributed by atoms with Crippen LogP contribution >= 0.6 is 0 Å². The molecule has 1 aliphatic heterocycles. The third-order valence-corrected chi connectivity index (χ3v) is 3.67. The number of ether oxygens (including phenoxy) is 1. The van der Waals surface area contributed by atoms with Crippen LogP contribution in [0.5, 0.6) is 5.75 Å². The Balaban J connectivity index is 1.77. The second-order valence-corrected chi connectivity index (χ2v) is 5.06. The van der Waals surface area contributed by atoms with Gasteiger partial charge in [-0.3, -0.25) is 14.5 Å². The number of imide groups is 1. The lowest BCUT2D eigenvalue weighted by molar-refractivity contribution is 0.0672. The molecule has 0 N–H and O–H groups in total. The molecule has 1 heterocycles. The molecule has 3 rings (SSSR count). The molecule has 0 saturated carbocycles. The maximum absolute atomic E-state index is 13.7.